The number of aliphatic carboxylic acids is 1. The van der Waals surface area contributed by atoms with Crippen LogP contribution in [0.15, 0.2) is 48.5 Å². The number of fused-ring (bicyclic) bond motifs is 3. The zero-order chi connectivity index (χ0) is 20.6. The summed E-state index contributed by atoms with van der Waals surface area (Å²) in [5.74, 6) is -0.664. The van der Waals surface area contributed by atoms with Crippen LogP contribution in [0.3, 0.4) is 0 Å². The van der Waals surface area contributed by atoms with Gasteiger partial charge in [-0.25, -0.2) is 9.59 Å². The number of carboxylic acid groups (broad SMARTS) is 1. The normalized spacial score (nSPS) is 17.6. The maximum absolute atomic E-state index is 12.8. The average molecular weight is 393 g/mol. The van der Waals surface area contributed by atoms with Crippen LogP contribution in [0, 0.1) is 5.92 Å². The number of ether oxygens (including phenoxy) is 1. The van der Waals surface area contributed by atoms with E-state index >= 15 is 0 Å². The topological polar surface area (TPSA) is 66.8 Å². The zero-order valence-electron chi connectivity index (χ0n) is 16.9. The van der Waals surface area contributed by atoms with Gasteiger partial charge in [0.15, 0.2) is 0 Å². The zero-order valence-corrected chi connectivity index (χ0v) is 16.9. The largest absolute Gasteiger partial charge is 0.480 e. The van der Waals surface area contributed by atoms with Crippen LogP contribution in [0.5, 0.6) is 0 Å². The molecule has 0 spiro atoms. The number of benzene rings is 2. The molecule has 0 aromatic heterocycles. The van der Waals surface area contributed by atoms with Crippen LogP contribution in [0.4, 0.5) is 4.79 Å². The fourth-order valence-corrected chi connectivity index (χ4v) is 4.52. The Morgan fingerprint density at radius 1 is 1.07 bits per heavy atom. The molecule has 1 N–H and O–H groups in total. The number of rotatable bonds is 6. The van der Waals surface area contributed by atoms with Gasteiger partial charge >= 0.3 is 12.1 Å². The van der Waals surface area contributed by atoms with E-state index in [-0.39, 0.29) is 12.5 Å². The molecule has 0 aliphatic heterocycles. The molecular weight excluding hydrogens is 366 g/mol. The summed E-state index contributed by atoms with van der Waals surface area (Å²) in [7, 11) is 1.53. The van der Waals surface area contributed by atoms with E-state index in [0.29, 0.717) is 12.3 Å². The van der Waals surface area contributed by atoms with Crippen LogP contribution in [0.25, 0.3) is 11.1 Å². The second-order valence-corrected chi connectivity index (χ2v) is 8.44. The third kappa shape index (κ3) is 3.39. The van der Waals surface area contributed by atoms with E-state index in [2.05, 4.69) is 24.3 Å². The Labute approximate surface area is 171 Å². The van der Waals surface area contributed by atoms with Crippen molar-refractivity contribution in [1.82, 2.24) is 4.90 Å². The standard InChI is InChI=1S/C24H27NO4/c1-24(22(26)27,14-16-8-7-9-16)25(2)23(28)29-15-21-19-12-5-3-10-17(19)18-11-4-6-13-20(18)21/h3-6,10-13,16,21H,7-9,14-15H2,1-2H3,(H,26,27)/t24-/m0/s1. The molecule has 2 aromatic rings. The Morgan fingerprint density at radius 2 is 1.62 bits per heavy atom. The molecule has 0 radical (unpaired) electrons. The summed E-state index contributed by atoms with van der Waals surface area (Å²) in [4.78, 5) is 26.0. The monoisotopic (exact) mass is 393 g/mol. The molecule has 0 saturated heterocycles. The summed E-state index contributed by atoms with van der Waals surface area (Å²) in [6.07, 6.45) is 3.07. The Bertz CT molecular complexity index is 890. The smallest absolute Gasteiger partial charge is 0.410 e. The molecular formula is C24H27NO4. The lowest BCUT2D eigenvalue weighted by molar-refractivity contribution is -0.150. The van der Waals surface area contributed by atoms with Gasteiger partial charge in [-0.3, -0.25) is 4.90 Å². The summed E-state index contributed by atoms with van der Waals surface area (Å²) in [5, 5.41) is 9.81. The van der Waals surface area contributed by atoms with Crippen molar-refractivity contribution in [1.29, 1.82) is 0 Å². The van der Waals surface area contributed by atoms with Gasteiger partial charge in [-0.15, -0.1) is 0 Å². The number of hydrogen-bond donors (Lipinski definition) is 1. The SMILES string of the molecule is CN(C(=O)OCC1c2ccccc2-c2ccccc21)[C@@](C)(CC1CCC1)C(=O)O. The molecule has 1 saturated carbocycles. The summed E-state index contributed by atoms with van der Waals surface area (Å²) in [6, 6.07) is 16.3. The van der Waals surface area contributed by atoms with Gasteiger partial charge < -0.3 is 9.84 Å². The molecule has 1 amide bonds. The lowest BCUT2D eigenvalue weighted by atomic mass is 9.76. The molecule has 2 aliphatic carbocycles. The number of amides is 1. The molecule has 1 atom stereocenters. The number of hydrogen-bond acceptors (Lipinski definition) is 3. The Hall–Kier alpha value is -2.82. The Morgan fingerprint density at radius 3 is 2.10 bits per heavy atom. The molecule has 2 aliphatic rings. The third-order valence-corrected chi connectivity index (χ3v) is 6.72. The molecule has 1 fully saturated rings. The second kappa shape index (κ2) is 7.54. The fraction of sp³-hybridized carbons (Fsp3) is 0.417. The number of nitrogens with zero attached hydrogens (tertiary/aromatic N) is 1. The van der Waals surface area contributed by atoms with Crippen molar-refractivity contribution < 1.29 is 19.4 Å². The highest BCUT2D eigenvalue weighted by Gasteiger charge is 2.44. The summed E-state index contributed by atoms with van der Waals surface area (Å²) >= 11 is 0. The highest BCUT2D eigenvalue weighted by atomic mass is 16.6. The van der Waals surface area contributed by atoms with E-state index in [1.807, 2.05) is 24.3 Å². The minimum Gasteiger partial charge on any atom is -0.480 e. The molecule has 5 heteroatoms. The maximum Gasteiger partial charge on any atom is 0.410 e. The van der Waals surface area contributed by atoms with Gasteiger partial charge in [0, 0.05) is 13.0 Å². The van der Waals surface area contributed by atoms with Crippen LogP contribution < -0.4 is 0 Å². The quantitative estimate of drug-likeness (QED) is 0.758. The van der Waals surface area contributed by atoms with Crippen molar-refractivity contribution in [3.05, 3.63) is 59.7 Å². The minimum atomic E-state index is -1.26. The fourth-order valence-electron chi connectivity index (χ4n) is 4.52. The van der Waals surface area contributed by atoms with Gasteiger partial charge in [0.25, 0.3) is 0 Å². The predicted octanol–water partition coefficient (Wildman–Crippen LogP) is 4.90. The van der Waals surface area contributed by atoms with Gasteiger partial charge in [-0.05, 0) is 41.5 Å². The first-order chi connectivity index (χ1) is 13.9. The van der Waals surface area contributed by atoms with Crippen LogP contribution >= 0.6 is 0 Å². The van der Waals surface area contributed by atoms with E-state index in [9.17, 15) is 14.7 Å². The molecule has 4 rings (SSSR count). The van der Waals surface area contributed by atoms with Crippen LogP contribution in [0.1, 0.15) is 49.7 Å². The summed E-state index contributed by atoms with van der Waals surface area (Å²) in [6.45, 7) is 1.81. The molecule has 0 heterocycles. The number of carbonyl (C=O) groups excluding carboxylic acids is 1. The first-order valence-corrected chi connectivity index (χ1v) is 10.2. The van der Waals surface area contributed by atoms with E-state index < -0.39 is 17.6 Å². The number of carboxylic acids is 1. The molecule has 0 bridgehead atoms. The molecule has 0 unspecified atom stereocenters. The second-order valence-electron chi connectivity index (χ2n) is 8.44. The lowest BCUT2D eigenvalue weighted by Gasteiger charge is -2.39. The maximum atomic E-state index is 12.8. The molecule has 2 aromatic carbocycles. The van der Waals surface area contributed by atoms with E-state index in [1.165, 1.54) is 11.9 Å². The third-order valence-electron chi connectivity index (χ3n) is 6.72. The summed E-state index contributed by atoms with van der Waals surface area (Å²) in [5.41, 5.74) is 3.35. The van der Waals surface area contributed by atoms with Crippen molar-refractivity contribution in [2.75, 3.05) is 13.7 Å². The minimum absolute atomic E-state index is 0.0394. The van der Waals surface area contributed by atoms with Gasteiger partial charge in [0.1, 0.15) is 12.1 Å². The van der Waals surface area contributed by atoms with Crippen molar-refractivity contribution in [2.24, 2.45) is 5.92 Å². The van der Waals surface area contributed by atoms with Crippen LogP contribution in [0.2, 0.25) is 0 Å². The van der Waals surface area contributed by atoms with Gasteiger partial charge in [0.05, 0.1) is 0 Å². The molecule has 29 heavy (non-hydrogen) atoms. The predicted molar refractivity (Wildman–Crippen MR) is 111 cm³/mol. The van der Waals surface area contributed by atoms with E-state index in [1.54, 1.807) is 6.92 Å². The van der Waals surface area contributed by atoms with Gasteiger partial charge in [0.2, 0.25) is 0 Å². The van der Waals surface area contributed by atoms with E-state index in [4.69, 9.17) is 4.74 Å². The van der Waals surface area contributed by atoms with Gasteiger partial charge in [-0.1, -0.05) is 67.8 Å². The Balaban J connectivity index is 1.50. The molecule has 152 valence electrons. The first-order valence-electron chi connectivity index (χ1n) is 10.2. The van der Waals surface area contributed by atoms with Crippen molar-refractivity contribution in [2.45, 2.75) is 44.1 Å². The van der Waals surface area contributed by atoms with Crippen molar-refractivity contribution in [3.63, 3.8) is 0 Å². The van der Waals surface area contributed by atoms with E-state index in [0.717, 1.165) is 41.5 Å². The number of carbonyl (C=O) groups is 2. The summed E-state index contributed by atoms with van der Waals surface area (Å²) < 4.78 is 5.65. The highest BCUT2D eigenvalue weighted by molar-refractivity contribution is 5.84. The molecule has 5 nitrogen and oxygen atoms in total. The lowest BCUT2D eigenvalue weighted by Crippen LogP contribution is -2.54. The van der Waals surface area contributed by atoms with Crippen LogP contribution in [-0.2, 0) is 9.53 Å². The average Bonchev–Trinajstić information content (AvgIpc) is 3.02. The highest BCUT2D eigenvalue weighted by Crippen LogP contribution is 2.44. The van der Waals surface area contributed by atoms with Crippen molar-refractivity contribution in [3.8, 4) is 11.1 Å². The van der Waals surface area contributed by atoms with Crippen LogP contribution in [-0.4, -0.2) is 41.3 Å². The Kier molecular flexibility index (Phi) is 5.07. The van der Waals surface area contributed by atoms with Gasteiger partial charge in [-0.2, -0.15) is 0 Å². The number of likely N-dealkylation sites (N-methyl/N-ethyl adjacent to an activating group) is 1. The van der Waals surface area contributed by atoms with Crippen molar-refractivity contribution >= 4 is 12.1 Å². The first kappa shape index (κ1) is 19.5.